The van der Waals surface area contributed by atoms with Crippen LogP contribution in [-0.4, -0.2) is 16.1 Å². The summed E-state index contributed by atoms with van der Waals surface area (Å²) in [5, 5.41) is 10.9. The molecule has 166 valence electrons. The maximum absolute atomic E-state index is 11.2. The maximum Gasteiger partial charge on any atom is 0.304 e. The molecule has 0 amide bonds. The Labute approximate surface area is 198 Å². The van der Waals surface area contributed by atoms with Gasteiger partial charge in [-0.1, -0.05) is 72.1 Å². The standard InChI is InChI=1S/C28H24ClNO3/c1-2-6-22(18-26(31)32)20-9-12-23(13-10-20)33-25(17-19-7-4-3-5-8-19)24-14-11-21-15-16-30-28(21)27(24)29/h3-5,7-16,22,25,30H,17-18H2,1H3,(H,31,32). The third kappa shape index (κ3) is 5.39. The number of aromatic nitrogens is 1. The van der Waals surface area contributed by atoms with Crippen LogP contribution >= 0.6 is 11.6 Å². The summed E-state index contributed by atoms with van der Waals surface area (Å²) >= 11 is 6.78. The van der Waals surface area contributed by atoms with Crippen LogP contribution in [0.3, 0.4) is 0 Å². The number of hydrogen-bond donors (Lipinski definition) is 2. The van der Waals surface area contributed by atoms with E-state index in [1.807, 2.05) is 66.9 Å². The van der Waals surface area contributed by atoms with Gasteiger partial charge in [-0.3, -0.25) is 4.79 Å². The molecule has 0 aliphatic rings. The number of aliphatic carboxylic acids is 1. The van der Waals surface area contributed by atoms with Crippen LogP contribution in [-0.2, 0) is 11.2 Å². The molecule has 0 radical (unpaired) electrons. The number of hydrogen-bond acceptors (Lipinski definition) is 2. The molecule has 2 unspecified atom stereocenters. The Hall–Kier alpha value is -3.68. The van der Waals surface area contributed by atoms with Gasteiger partial charge >= 0.3 is 5.97 Å². The molecule has 3 aromatic carbocycles. The van der Waals surface area contributed by atoms with Gasteiger partial charge in [0.05, 0.1) is 22.9 Å². The quantitative estimate of drug-likeness (QED) is 0.287. The lowest BCUT2D eigenvalue weighted by Gasteiger charge is -2.22. The van der Waals surface area contributed by atoms with E-state index in [1.165, 1.54) is 0 Å². The molecule has 0 spiro atoms. The summed E-state index contributed by atoms with van der Waals surface area (Å²) in [5.74, 6) is 5.25. The summed E-state index contributed by atoms with van der Waals surface area (Å²) in [7, 11) is 0. The molecule has 4 aromatic rings. The minimum atomic E-state index is -0.875. The highest BCUT2D eigenvalue weighted by molar-refractivity contribution is 6.36. The first-order valence-electron chi connectivity index (χ1n) is 10.7. The number of rotatable bonds is 8. The van der Waals surface area contributed by atoms with Gasteiger partial charge < -0.3 is 14.8 Å². The van der Waals surface area contributed by atoms with Crippen LogP contribution in [0, 0.1) is 11.8 Å². The van der Waals surface area contributed by atoms with Crippen LogP contribution in [0.5, 0.6) is 5.75 Å². The third-order valence-electron chi connectivity index (χ3n) is 5.56. The minimum Gasteiger partial charge on any atom is -0.485 e. The molecule has 1 aromatic heterocycles. The van der Waals surface area contributed by atoms with Crippen molar-refractivity contribution in [2.45, 2.75) is 31.8 Å². The molecule has 2 atom stereocenters. The van der Waals surface area contributed by atoms with Crippen molar-refractivity contribution in [1.29, 1.82) is 0 Å². The molecule has 2 N–H and O–H groups in total. The lowest BCUT2D eigenvalue weighted by atomic mass is 9.96. The molecule has 0 aliphatic carbocycles. The van der Waals surface area contributed by atoms with Gasteiger partial charge in [-0.2, -0.15) is 0 Å². The highest BCUT2D eigenvalue weighted by Gasteiger charge is 2.20. The van der Waals surface area contributed by atoms with Gasteiger partial charge in [0, 0.05) is 23.6 Å². The molecule has 0 fully saturated rings. The number of H-pyrrole nitrogens is 1. The summed E-state index contributed by atoms with van der Waals surface area (Å²) in [6, 6.07) is 23.7. The summed E-state index contributed by atoms with van der Waals surface area (Å²) in [6.45, 7) is 1.71. The molecule has 0 saturated heterocycles. The predicted molar refractivity (Wildman–Crippen MR) is 132 cm³/mol. The zero-order valence-electron chi connectivity index (χ0n) is 18.2. The van der Waals surface area contributed by atoms with Crippen molar-refractivity contribution in [3.05, 3.63) is 101 Å². The zero-order chi connectivity index (χ0) is 23.2. The highest BCUT2D eigenvalue weighted by Crippen LogP contribution is 2.35. The summed E-state index contributed by atoms with van der Waals surface area (Å²) < 4.78 is 6.44. The van der Waals surface area contributed by atoms with Gasteiger partial charge in [0.2, 0.25) is 0 Å². The Bertz CT molecular complexity index is 1300. The van der Waals surface area contributed by atoms with E-state index in [1.54, 1.807) is 6.92 Å². The van der Waals surface area contributed by atoms with Crippen molar-refractivity contribution in [2.75, 3.05) is 0 Å². The molecule has 0 aliphatic heterocycles. The van der Waals surface area contributed by atoms with E-state index in [9.17, 15) is 9.90 Å². The average Bonchev–Trinajstić information content (AvgIpc) is 3.30. The van der Waals surface area contributed by atoms with E-state index in [2.05, 4.69) is 29.0 Å². The van der Waals surface area contributed by atoms with Crippen LogP contribution in [0.4, 0.5) is 0 Å². The maximum atomic E-state index is 11.2. The highest BCUT2D eigenvalue weighted by atomic mass is 35.5. The average molecular weight is 458 g/mol. The second-order valence-corrected chi connectivity index (χ2v) is 8.20. The lowest BCUT2D eigenvalue weighted by Crippen LogP contribution is -2.12. The van der Waals surface area contributed by atoms with Crippen LogP contribution in [0.1, 0.15) is 42.1 Å². The smallest absolute Gasteiger partial charge is 0.304 e. The van der Waals surface area contributed by atoms with Gasteiger partial charge in [-0.25, -0.2) is 0 Å². The molecule has 0 bridgehead atoms. The summed E-state index contributed by atoms with van der Waals surface area (Å²) in [4.78, 5) is 14.4. The Kier molecular flexibility index (Phi) is 7.02. The first-order valence-corrected chi connectivity index (χ1v) is 11.1. The second-order valence-electron chi connectivity index (χ2n) is 7.82. The van der Waals surface area contributed by atoms with E-state index in [-0.39, 0.29) is 18.4 Å². The molecule has 5 heteroatoms. The molecule has 0 saturated carbocycles. The molecule has 33 heavy (non-hydrogen) atoms. The van der Waals surface area contributed by atoms with Crippen molar-refractivity contribution in [3.8, 4) is 17.6 Å². The number of fused-ring (bicyclic) bond motifs is 1. The van der Waals surface area contributed by atoms with E-state index in [4.69, 9.17) is 16.3 Å². The van der Waals surface area contributed by atoms with Crippen LogP contribution in [0.25, 0.3) is 10.9 Å². The van der Waals surface area contributed by atoms with Gasteiger partial charge in [-0.05, 0) is 36.2 Å². The fraction of sp³-hybridized carbons (Fsp3) is 0.179. The van der Waals surface area contributed by atoms with Gasteiger partial charge in [0.15, 0.2) is 0 Å². The predicted octanol–water partition coefficient (Wildman–Crippen LogP) is 6.77. The number of ether oxygens (including phenoxy) is 1. The SMILES string of the molecule is CC#CC(CC(=O)O)c1ccc(OC(Cc2ccccc2)c2ccc3cc[nH]c3c2Cl)cc1. The zero-order valence-corrected chi connectivity index (χ0v) is 19.0. The van der Waals surface area contributed by atoms with Crippen LogP contribution < -0.4 is 4.74 Å². The molecule has 1 heterocycles. The number of carboxylic acids is 1. The number of carboxylic acid groups (broad SMARTS) is 1. The van der Waals surface area contributed by atoms with Crippen molar-refractivity contribution in [3.63, 3.8) is 0 Å². The van der Waals surface area contributed by atoms with Crippen LogP contribution in [0.15, 0.2) is 79.0 Å². The van der Waals surface area contributed by atoms with E-state index in [0.29, 0.717) is 17.2 Å². The first kappa shape index (κ1) is 22.5. The first-order chi connectivity index (χ1) is 16.0. The number of aromatic amines is 1. The minimum absolute atomic E-state index is 0.0382. The molecular formula is C28H24ClNO3. The van der Waals surface area contributed by atoms with Crippen LogP contribution in [0.2, 0.25) is 5.02 Å². The van der Waals surface area contributed by atoms with Crippen molar-refractivity contribution < 1.29 is 14.6 Å². The van der Waals surface area contributed by atoms with Crippen molar-refractivity contribution in [1.82, 2.24) is 4.98 Å². The van der Waals surface area contributed by atoms with Gasteiger partial charge in [0.1, 0.15) is 11.9 Å². The molecular weight excluding hydrogens is 434 g/mol. The Morgan fingerprint density at radius 2 is 1.82 bits per heavy atom. The van der Waals surface area contributed by atoms with Crippen molar-refractivity contribution >= 4 is 28.5 Å². The molecule has 4 nitrogen and oxygen atoms in total. The fourth-order valence-electron chi connectivity index (χ4n) is 3.94. The number of nitrogens with one attached hydrogen (secondary N) is 1. The monoisotopic (exact) mass is 457 g/mol. The number of benzene rings is 3. The van der Waals surface area contributed by atoms with E-state index >= 15 is 0 Å². The number of carbonyl (C=O) groups is 1. The topological polar surface area (TPSA) is 62.3 Å². The summed E-state index contributed by atoms with van der Waals surface area (Å²) in [6.07, 6.45) is 2.18. The Morgan fingerprint density at radius 3 is 2.52 bits per heavy atom. The number of halogens is 1. The lowest BCUT2D eigenvalue weighted by molar-refractivity contribution is -0.137. The largest absolute Gasteiger partial charge is 0.485 e. The van der Waals surface area contributed by atoms with Gasteiger partial charge in [0.25, 0.3) is 0 Å². The van der Waals surface area contributed by atoms with Crippen molar-refractivity contribution in [2.24, 2.45) is 0 Å². The second kappa shape index (κ2) is 10.3. The Balaban J connectivity index is 1.64. The fourth-order valence-corrected chi connectivity index (χ4v) is 4.29. The molecule has 4 rings (SSSR count). The third-order valence-corrected chi connectivity index (χ3v) is 5.97. The van der Waals surface area contributed by atoms with E-state index in [0.717, 1.165) is 27.6 Å². The van der Waals surface area contributed by atoms with E-state index < -0.39 is 5.97 Å². The normalized spacial score (nSPS) is 12.5. The Morgan fingerprint density at radius 1 is 1.06 bits per heavy atom. The summed E-state index contributed by atoms with van der Waals surface area (Å²) in [5.41, 5.74) is 3.78. The van der Waals surface area contributed by atoms with Gasteiger partial charge in [-0.15, -0.1) is 5.92 Å².